The van der Waals surface area contributed by atoms with Gasteiger partial charge in [0, 0.05) is 6.04 Å². The van der Waals surface area contributed by atoms with Crippen LogP contribution in [0.2, 0.25) is 0 Å². The number of halogens is 2. The molecule has 0 saturated heterocycles. The van der Waals surface area contributed by atoms with E-state index in [9.17, 15) is 4.39 Å². The zero-order chi connectivity index (χ0) is 12.7. The van der Waals surface area contributed by atoms with Crippen molar-refractivity contribution in [2.24, 2.45) is 5.73 Å². The molecule has 0 aliphatic rings. The predicted octanol–water partition coefficient (Wildman–Crippen LogP) is 4.95. The van der Waals surface area contributed by atoms with Gasteiger partial charge in [0.1, 0.15) is 5.82 Å². The second-order valence-electron chi connectivity index (χ2n) is 4.45. The summed E-state index contributed by atoms with van der Waals surface area (Å²) in [6.07, 6.45) is 7.07. The van der Waals surface area contributed by atoms with E-state index in [1.54, 1.807) is 6.07 Å². The van der Waals surface area contributed by atoms with Crippen LogP contribution in [0, 0.1) is 5.82 Å². The minimum atomic E-state index is -0.232. The van der Waals surface area contributed by atoms with Crippen molar-refractivity contribution in [2.75, 3.05) is 0 Å². The Morgan fingerprint density at radius 1 is 1.24 bits per heavy atom. The van der Waals surface area contributed by atoms with Crippen LogP contribution in [0.3, 0.4) is 0 Å². The van der Waals surface area contributed by atoms with Gasteiger partial charge < -0.3 is 5.73 Å². The summed E-state index contributed by atoms with van der Waals surface area (Å²) in [7, 11) is 0. The number of unbranched alkanes of at least 4 members (excludes halogenated alkanes) is 4. The van der Waals surface area contributed by atoms with Crippen LogP contribution in [0.25, 0.3) is 0 Å². The first-order valence-corrected chi connectivity index (χ1v) is 7.15. The molecule has 0 fully saturated rings. The van der Waals surface area contributed by atoms with E-state index < -0.39 is 0 Å². The molecule has 1 nitrogen and oxygen atoms in total. The predicted molar refractivity (Wildman–Crippen MR) is 74.4 cm³/mol. The Hall–Kier alpha value is -0.410. The standard InChI is InChI=1S/C14H21BrFN/c1-2-3-4-5-6-10-13(17)11-8-7-9-12(16)14(11)15/h7-9,13H,2-6,10,17H2,1H3. The molecule has 0 aliphatic heterocycles. The fraction of sp³-hybridized carbons (Fsp3) is 0.571. The molecule has 0 amide bonds. The number of hydrogen-bond acceptors (Lipinski definition) is 1. The van der Waals surface area contributed by atoms with Crippen LogP contribution >= 0.6 is 15.9 Å². The highest BCUT2D eigenvalue weighted by Gasteiger charge is 2.12. The lowest BCUT2D eigenvalue weighted by molar-refractivity contribution is 0.548. The first-order chi connectivity index (χ1) is 8.16. The van der Waals surface area contributed by atoms with Gasteiger partial charge >= 0.3 is 0 Å². The van der Waals surface area contributed by atoms with Gasteiger partial charge in [0.05, 0.1) is 4.47 Å². The van der Waals surface area contributed by atoms with Crippen LogP contribution in [0.4, 0.5) is 4.39 Å². The van der Waals surface area contributed by atoms with E-state index in [4.69, 9.17) is 5.73 Å². The monoisotopic (exact) mass is 301 g/mol. The summed E-state index contributed by atoms with van der Waals surface area (Å²) in [6.45, 7) is 2.20. The molecule has 0 bridgehead atoms. The van der Waals surface area contributed by atoms with Crippen molar-refractivity contribution in [3.63, 3.8) is 0 Å². The average Bonchev–Trinajstić information content (AvgIpc) is 2.32. The number of nitrogens with two attached hydrogens (primary N) is 1. The summed E-state index contributed by atoms with van der Waals surface area (Å²) in [4.78, 5) is 0. The normalized spacial score (nSPS) is 12.7. The summed E-state index contributed by atoms with van der Waals surface area (Å²) < 4.78 is 13.8. The molecule has 3 heteroatoms. The summed E-state index contributed by atoms with van der Waals surface area (Å²) in [5.41, 5.74) is 6.96. The number of benzene rings is 1. The fourth-order valence-corrected chi connectivity index (χ4v) is 2.49. The van der Waals surface area contributed by atoms with Crippen molar-refractivity contribution in [3.05, 3.63) is 34.1 Å². The molecule has 2 N–H and O–H groups in total. The molecule has 96 valence electrons. The highest BCUT2D eigenvalue weighted by Crippen LogP contribution is 2.27. The maximum absolute atomic E-state index is 13.3. The minimum absolute atomic E-state index is 0.0679. The van der Waals surface area contributed by atoms with Crippen LogP contribution in [0.1, 0.15) is 57.1 Å². The largest absolute Gasteiger partial charge is 0.324 e. The van der Waals surface area contributed by atoms with E-state index in [1.807, 2.05) is 6.07 Å². The van der Waals surface area contributed by atoms with E-state index in [0.717, 1.165) is 18.4 Å². The first kappa shape index (κ1) is 14.7. The van der Waals surface area contributed by atoms with Crippen LogP contribution in [-0.4, -0.2) is 0 Å². The molecule has 1 aromatic carbocycles. The SMILES string of the molecule is CCCCCCCC(N)c1cccc(F)c1Br. The lowest BCUT2D eigenvalue weighted by Gasteiger charge is -2.14. The van der Waals surface area contributed by atoms with E-state index in [0.29, 0.717) is 4.47 Å². The summed E-state index contributed by atoms with van der Waals surface area (Å²) in [5.74, 6) is -0.232. The van der Waals surface area contributed by atoms with Gasteiger partial charge in [-0.05, 0) is 34.0 Å². The maximum atomic E-state index is 13.3. The summed E-state index contributed by atoms with van der Waals surface area (Å²) in [6, 6.07) is 4.99. The Morgan fingerprint density at radius 2 is 1.94 bits per heavy atom. The highest BCUT2D eigenvalue weighted by molar-refractivity contribution is 9.10. The van der Waals surface area contributed by atoms with Gasteiger partial charge in [0.2, 0.25) is 0 Å². The molecule has 1 rings (SSSR count). The topological polar surface area (TPSA) is 26.0 Å². The molecule has 0 saturated carbocycles. The van der Waals surface area contributed by atoms with E-state index in [1.165, 1.54) is 31.7 Å². The quantitative estimate of drug-likeness (QED) is 0.709. The van der Waals surface area contributed by atoms with Crippen molar-refractivity contribution in [1.29, 1.82) is 0 Å². The zero-order valence-electron chi connectivity index (χ0n) is 10.4. The summed E-state index contributed by atoms with van der Waals surface area (Å²) in [5, 5.41) is 0. The van der Waals surface area contributed by atoms with E-state index in [-0.39, 0.29) is 11.9 Å². The average molecular weight is 302 g/mol. The maximum Gasteiger partial charge on any atom is 0.137 e. The third-order valence-corrected chi connectivity index (χ3v) is 3.84. The Balaban J connectivity index is 2.41. The van der Waals surface area contributed by atoms with Gasteiger partial charge in [-0.1, -0.05) is 51.2 Å². The van der Waals surface area contributed by atoms with Gasteiger partial charge in [-0.25, -0.2) is 4.39 Å². The van der Waals surface area contributed by atoms with Crippen LogP contribution < -0.4 is 5.73 Å². The van der Waals surface area contributed by atoms with Crippen LogP contribution in [0.15, 0.2) is 22.7 Å². The van der Waals surface area contributed by atoms with E-state index in [2.05, 4.69) is 22.9 Å². The molecular weight excluding hydrogens is 281 g/mol. The Morgan fingerprint density at radius 3 is 2.65 bits per heavy atom. The van der Waals surface area contributed by atoms with Crippen molar-refractivity contribution in [3.8, 4) is 0 Å². The van der Waals surface area contributed by atoms with Crippen molar-refractivity contribution < 1.29 is 4.39 Å². The third-order valence-electron chi connectivity index (χ3n) is 3.00. The molecule has 17 heavy (non-hydrogen) atoms. The van der Waals surface area contributed by atoms with Gasteiger partial charge in [0.25, 0.3) is 0 Å². The molecule has 0 aromatic heterocycles. The van der Waals surface area contributed by atoms with Crippen LogP contribution in [0.5, 0.6) is 0 Å². The zero-order valence-corrected chi connectivity index (χ0v) is 12.0. The van der Waals surface area contributed by atoms with Gasteiger partial charge in [0.15, 0.2) is 0 Å². The van der Waals surface area contributed by atoms with Gasteiger partial charge in [-0.3, -0.25) is 0 Å². The molecule has 1 atom stereocenters. The molecular formula is C14H21BrFN. The van der Waals surface area contributed by atoms with Crippen molar-refractivity contribution in [1.82, 2.24) is 0 Å². The minimum Gasteiger partial charge on any atom is -0.324 e. The molecule has 1 aromatic rings. The Kier molecular flexibility index (Phi) is 6.75. The smallest absolute Gasteiger partial charge is 0.137 e. The molecule has 0 spiro atoms. The molecule has 0 heterocycles. The fourth-order valence-electron chi connectivity index (χ4n) is 1.93. The highest BCUT2D eigenvalue weighted by atomic mass is 79.9. The second kappa shape index (κ2) is 7.83. The van der Waals surface area contributed by atoms with Crippen molar-refractivity contribution >= 4 is 15.9 Å². The summed E-state index contributed by atoms with van der Waals surface area (Å²) >= 11 is 3.26. The Bertz CT molecular complexity index is 341. The lowest BCUT2D eigenvalue weighted by atomic mass is 10.0. The molecule has 1 unspecified atom stereocenters. The molecule has 0 radical (unpaired) electrons. The first-order valence-electron chi connectivity index (χ1n) is 6.36. The van der Waals surface area contributed by atoms with Gasteiger partial charge in [-0.15, -0.1) is 0 Å². The Labute approximate surface area is 112 Å². The van der Waals surface area contributed by atoms with Crippen molar-refractivity contribution in [2.45, 2.75) is 51.5 Å². The van der Waals surface area contributed by atoms with Gasteiger partial charge in [-0.2, -0.15) is 0 Å². The number of rotatable bonds is 7. The third kappa shape index (κ3) is 4.76. The van der Waals surface area contributed by atoms with E-state index >= 15 is 0 Å². The molecule has 0 aliphatic carbocycles. The number of hydrogen-bond donors (Lipinski definition) is 1. The van der Waals surface area contributed by atoms with Crippen LogP contribution in [-0.2, 0) is 0 Å². The second-order valence-corrected chi connectivity index (χ2v) is 5.25. The lowest BCUT2D eigenvalue weighted by Crippen LogP contribution is -2.11.